The molecule has 3 N–H and O–H groups in total. The zero-order chi connectivity index (χ0) is 13.2. The van der Waals surface area contributed by atoms with E-state index in [1.165, 1.54) is 0 Å². The molecule has 0 atom stereocenters. The number of hydrogen-bond donors (Lipinski definition) is 2. The molecule has 0 radical (unpaired) electrons. The molecule has 18 heavy (non-hydrogen) atoms. The highest BCUT2D eigenvalue weighted by Crippen LogP contribution is 1.98. The van der Waals surface area contributed by atoms with Crippen LogP contribution < -0.4 is 11.1 Å². The van der Waals surface area contributed by atoms with E-state index in [0.29, 0.717) is 44.5 Å². The van der Waals surface area contributed by atoms with Crippen molar-refractivity contribution in [2.45, 2.75) is 13.0 Å². The molecule has 0 aliphatic heterocycles. The van der Waals surface area contributed by atoms with Gasteiger partial charge >= 0.3 is 0 Å². The van der Waals surface area contributed by atoms with Crippen molar-refractivity contribution < 1.29 is 18.8 Å². The molecule has 0 aliphatic carbocycles. The minimum Gasteiger partial charge on any atom is -0.382 e. The SMILES string of the molecule is COCCOCCc1noc(CNCC(N)=O)n1. The third kappa shape index (κ3) is 6.28. The summed E-state index contributed by atoms with van der Waals surface area (Å²) in [6, 6.07) is 0. The van der Waals surface area contributed by atoms with E-state index in [2.05, 4.69) is 15.5 Å². The summed E-state index contributed by atoms with van der Waals surface area (Å²) in [7, 11) is 1.62. The maximum absolute atomic E-state index is 10.5. The van der Waals surface area contributed by atoms with Crippen molar-refractivity contribution in [3.63, 3.8) is 0 Å². The first-order chi connectivity index (χ1) is 8.72. The molecule has 0 fully saturated rings. The minimum absolute atomic E-state index is 0.0812. The van der Waals surface area contributed by atoms with E-state index in [-0.39, 0.29) is 6.54 Å². The number of nitrogens with one attached hydrogen (secondary N) is 1. The average Bonchev–Trinajstić information content (AvgIpc) is 2.76. The van der Waals surface area contributed by atoms with Gasteiger partial charge in [-0.1, -0.05) is 5.16 Å². The Morgan fingerprint density at radius 3 is 3.00 bits per heavy atom. The molecule has 0 aliphatic rings. The predicted octanol–water partition coefficient (Wildman–Crippen LogP) is -1.15. The molecule has 1 amide bonds. The number of carbonyl (C=O) groups excluding carboxylic acids is 1. The van der Waals surface area contributed by atoms with Crippen molar-refractivity contribution in [3.8, 4) is 0 Å². The fraction of sp³-hybridized carbons (Fsp3) is 0.700. The van der Waals surface area contributed by atoms with Gasteiger partial charge in [-0.25, -0.2) is 0 Å². The van der Waals surface area contributed by atoms with Crippen LogP contribution in [0, 0.1) is 0 Å². The third-order valence-electron chi connectivity index (χ3n) is 1.99. The van der Waals surface area contributed by atoms with Crippen LogP contribution in [0.2, 0.25) is 0 Å². The fourth-order valence-corrected chi connectivity index (χ4v) is 1.16. The lowest BCUT2D eigenvalue weighted by Crippen LogP contribution is -2.28. The first-order valence-corrected chi connectivity index (χ1v) is 5.59. The van der Waals surface area contributed by atoms with E-state index in [9.17, 15) is 4.79 Å². The van der Waals surface area contributed by atoms with Gasteiger partial charge in [0, 0.05) is 13.5 Å². The normalized spacial score (nSPS) is 10.7. The molecule has 1 aromatic rings. The largest absolute Gasteiger partial charge is 0.382 e. The lowest BCUT2D eigenvalue weighted by atomic mass is 10.4. The van der Waals surface area contributed by atoms with Gasteiger partial charge in [0.2, 0.25) is 11.8 Å². The molecule has 1 heterocycles. The lowest BCUT2D eigenvalue weighted by Gasteiger charge is -2.00. The van der Waals surface area contributed by atoms with Crippen LogP contribution >= 0.6 is 0 Å². The molecular formula is C10H18N4O4. The molecule has 8 nitrogen and oxygen atoms in total. The van der Waals surface area contributed by atoms with Gasteiger partial charge in [-0.05, 0) is 0 Å². The van der Waals surface area contributed by atoms with Crippen molar-refractivity contribution in [2.24, 2.45) is 5.73 Å². The van der Waals surface area contributed by atoms with Crippen LogP contribution in [0.5, 0.6) is 0 Å². The second-order valence-electron chi connectivity index (χ2n) is 3.53. The topological polar surface area (TPSA) is 113 Å². The Bertz CT molecular complexity index is 355. The summed E-state index contributed by atoms with van der Waals surface area (Å²) in [5, 5.41) is 6.56. The van der Waals surface area contributed by atoms with E-state index < -0.39 is 5.91 Å². The van der Waals surface area contributed by atoms with E-state index >= 15 is 0 Å². The first kappa shape index (κ1) is 14.6. The lowest BCUT2D eigenvalue weighted by molar-refractivity contribution is -0.117. The van der Waals surface area contributed by atoms with Gasteiger partial charge in [-0.2, -0.15) is 4.98 Å². The zero-order valence-electron chi connectivity index (χ0n) is 10.3. The van der Waals surface area contributed by atoms with Crippen molar-refractivity contribution in [1.29, 1.82) is 0 Å². The van der Waals surface area contributed by atoms with Gasteiger partial charge in [0.15, 0.2) is 5.82 Å². The Kier molecular flexibility index (Phi) is 6.92. The Labute approximate surface area is 105 Å². The summed E-state index contributed by atoms with van der Waals surface area (Å²) in [5.41, 5.74) is 4.97. The van der Waals surface area contributed by atoms with Crippen molar-refractivity contribution in [1.82, 2.24) is 15.5 Å². The number of amides is 1. The molecule has 102 valence electrons. The quantitative estimate of drug-likeness (QED) is 0.509. The van der Waals surface area contributed by atoms with E-state index in [1.807, 2.05) is 0 Å². The molecule has 0 saturated carbocycles. The third-order valence-corrected chi connectivity index (χ3v) is 1.99. The van der Waals surface area contributed by atoms with Gasteiger partial charge in [0.05, 0.1) is 32.9 Å². The van der Waals surface area contributed by atoms with Crippen molar-refractivity contribution >= 4 is 5.91 Å². The molecule has 0 saturated heterocycles. The molecule has 0 aromatic carbocycles. The maximum Gasteiger partial charge on any atom is 0.240 e. The van der Waals surface area contributed by atoms with Gasteiger partial charge in [-0.15, -0.1) is 0 Å². The summed E-state index contributed by atoms with van der Waals surface area (Å²) >= 11 is 0. The molecule has 1 aromatic heterocycles. The standard InChI is InChI=1S/C10H18N4O4/c1-16-4-5-17-3-2-9-13-10(18-14-9)7-12-6-8(11)15/h12H,2-7H2,1H3,(H2,11,15). The Morgan fingerprint density at radius 1 is 1.44 bits per heavy atom. The summed E-state index contributed by atoms with van der Waals surface area (Å²) in [5.74, 6) is 0.563. The summed E-state index contributed by atoms with van der Waals surface area (Å²) in [6.07, 6.45) is 0.572. The van der Waals surface area contributed by atoms with Crippen molar-refractivity contribution in [3.05, 3.63) is 11.7 Å². The Balaban J connectivity index is 2.15. The van der Waals surface area contributed by atoms with Gasteiger partial charge in [-0.3, -0.25) is 10.1 Å². The summed E-state index contributed by atoms with van der Waals surface area (Å²) in [4.78, 5) is 14.6. The Hall–Kier alpha value is -1.51. The number of methoxy groups -OCH3 is 1. The van der Waals surface area contributed by atoms with Crippen LogP contribution in [-0.4, -0.2) is 49.5 Å². The average molecular weight is 258 g/mol. The van der Waals surface area contributed by atoms with Crippen LogP contribution in [0.1, 0.15) is 11.7 Å². The van der Waals surface area contributed by atoms with E-state index in [1.54, 1.807) is 7.11 Å². The number of rotatable bonds is 10. The van der Waals surface area contributed by atoms with Crippen LogP contribution in [0.4, 0.5) is 0 Å². The van der Waals surface area contributed by atoms with Crippen LogP contribution in [0.25, 0.3) is 0 Å². The smallest absolute Gasteiger partial charge is 0.240 e. The van der Waals surface area contributed by atoms with Gasteiger partial charge in [0.25, 0.3) is 0 Å². The van der Waals surface area contributed by atoms with Gasteiger partial charge in [0.1, 0.15) is 0 Å². The highest BCUT2D eigenvalue weighted by Gasteiger charge is 2.06. The second kappa shape index (κ2) is 8.56. The first-order valence-electron chi connectivity index (χ1n) is 5.59. The molecule has 0 bridgehead atoms. The molecule has 1 rings (SSSR count). The molecule has 0 spiro atoms. The van der Waals surface area contributed by atoms with Crippen LogP contribution in [0.3, 0.4) is 0 Å². The number of ether oxygens (including phenoxy) is 2. The Morgan fingerprint density at radius 2 is 2.28 bits per heavy atom. The fourth-order valence-electron chi connectivity index (χ4n) is 1.16. The second-order valence-corrected chi connectivity index (χ2v) is 3.53. The van der Waals surface area contributed by atoms with E-state index in [0.717, 1.165) is 0 Å². The number of carbonyl (C=O) groups is 1. The minimum atomic E-state index is -0.429. The number of nitrogens with two attached hydrogens (primary N) is 1. The molecule has 8 heteroatoms. The monoisotopic (exact) mass is 258 g/mol. The highest BCUT2D eigenvalue weighted by molar-refractivity contribution is 5.75. The summed E-state index contributed by atoms with van der Waals surface area (Å²) in [6.45, 7) is 2.02. The van der Waals surface area contributed by atoms with Crippen molar-refractivity contribution in [2.75, 3.05) is 33.5 Å². The van der Waals surface area contributed by atoms with E-state index in [4.69, 9.17) is 19.7 Å². The zero-order valence-corrected chi connectivity index (χ0v) is 10.3. The molecular weight excluding hydrogens is 240 g/mol. The number of hydrogen-bond acceptors (Lipinski definition) is 7. The number of primary amides is 1. The summed E-state index contributed by atoms with van der Waals surface area (Å²) < 4.78 is 15.1. The van der Waals surface area contributed by atoms with Crippen LogP contribution in [-0.2, 0) is 27.2 Å². The van der Waals surface area contributed by atoms with Gasteiger partial charge < -0.3 is 19.7 Å². The number of nitrogens with zero attached hydrogens (tertiary/aromatic N) is 2. The maximum atomic E-state index is 10.5. The van der Waals surface area contributed by atoms with Crippen LogP contribution in [0.15, 0.2) is 4.52 Å². The highest BCUT2D eigenvalue weighted by atomic mass is 16.5. The molecule has 0 unspecified atom stereocenters. The number of aromatic nitrogens is 2. The predicted molar refractivity (Wildman–Crippen MR) is 61.6 cm³/mol.